The first kappa shape index (κ1) is 13.3. The van der Waals surface area contributed by atoms with Gasteiger partial charge in [0.25, 0.3) is 0 Å². The molecule has 0 saturated carbocycles. The van der Waals surface area contributed by atoms with E-state index < -0.39 is 0 Å². The highest BCUT2D eigenvalue weighted by Gasteiger charge is 2.16. The molecule has 1 aromatic heterocycles. The van der Waals surface area contributed by atoms with Gasteiger partial charge in [0.05, 0.1) is 12.1 Å². The number of anilines is 1. The van der Waals surface area contributed by atoms with Gasteiger partial charge in [0, 0.05) is 57.1 Å². The maximum absolute atomic E-state index is 5.14. The Kier molecular flexibility index (Phi) is 4.08. The van der Waals surface area contributed by atoms with Gasteiger partial charge in [-0.1, -0.05) is 0 Å². The van der Waals surface area contributed by atoms with Crippen LogP contribution in [0.1, 0.15) is 0 Å². The second-order valence-electron chi connectivity index (χ2n) is 5.09. The second kappa shape index (κ2) is 6.15. The van der Waals surface area contributed by atoms with Crippen molar-refractivity contribution in [1.82, 2.24) is 14.9 Å². The van der Waals surface area contributed by atoms with Gasteiger partial charge in [-0.25, -0.2) is 9.97 Å². The highest BCUT2D eigenvalue weighted by molar-refractivity contribution is 5.81. The van der Waals surface area contributed by atoms with E-state index in [1.807, 2.05) is 6.20 Å². The predicted molar refractivity (Wildman–Crippen MR) is 80.1 cm³/mol. The summed E-state index contributed by atoms with van der Waals surface area (Å²) < 4.78 is 5.14. The van der Waals surface area contributed by atoms with Crippen LogP contribution in [-0.4, -0.2) is 61.3 Å². The summed E-state index contributed by atoms with van der Waals surface area (Å²) >= 11 is 0. The highest BCUT2D eigenvalue weighted by atomic mass is 16.5. The molecule has 0 unspecified atom stereocenters. The number of piperazine rings is 1. The highest BCUT2D eigenvalue weighted by Crippen LogP contribution is 2.21. The molecule has 0 amide bonds. The first-order valence-electron chi connectivity index (χ1n) is 7.03. The molecule has 0 radical (unpaired) electrons. The molecular formula is C15H20N4O. The van der Waals surface area contributed by atoms with Crippen LogP contribution in [0, 0.1) is 0 Å². The van der Waals surface area contributed by atoms with Crippen LogP contribution < -0.4 is 4.90 Å². The SMILES string of the molecule is COCCN1CCN(c2ccc3ncncc3c2)CC1. The Bertz CT molecular complexity index is 567. The van der Waals surface area contributed by atoms with Crippen molar-refractivity contribution < 1.29 is 4.74 Å². The molecule has 2 heterocycles. The summed E-state index contributed by atoms with van der Waals surface area (Å²) in [6, 6.07) is 6.41. The van der Waals surface area contributed by atoms with E-state index >= 15 is 0 Å². The third-order valence-corrected chi connectivity index (χ3v) is 3.84. The number of hydrogen-bond donors (Lipinski definition) is 0. The Morgan fingerprint density at radius 1 is 1.20 bits per heavy atom. The molecule has 106 valence electrons. The molecular weight excluding hydrogens is 252 g/mol. The Morgan fingerprint density at radius 2 is 2.05 bits per heavy atom. The average molecular weight is 272 g/mol. The molecule has 5 heteroatoms. The van der Waals surface area contributed by atoms with Gasteiger partial charge in [-0.2, -0.15) is 0 Å². The largest absolute Gasteiger partial charge is 0.383 e. The smallest absolute Gasteiger partial charge is 0.116 e. The van der Waals surface area contributed by atoms with E-state index in [-0.39, 0.29) is 0 Å². The molecule has 0 spiro atoms. The van der Waals surface area contributed by atoms with Gasteiger partial charge < -0.3 is 9.64 Å². The predicted octanol–water partition coefficient (Wildman–Crippen LogP) is 1.40. The Labute approximate surface area is 119 Å². The van der Waals surface area contributed by atoms with Crippen LogP contribution in [0.4, 0.5) is 5.69 Å². The minimum absolute atomic E-state index is 0.813. The van der Waals surface area contributed by atoms with Crippen LogP contribution in [-0.2, 0) is 4.74 Å². The number of ether oxygens (including phenoxy) is 1. The van der Waals surface area contributed by atoms with E-state index in [9.17, 15) is 0 Å². The molecule has 0 atom stereocenters. The molecule has 1 aliphatic rings. The zero-order valence-corrected chi connectivity index (χ0v) is 11.8. The fourth-order valence-corrected chi connectivity index (χ4v) is 2.62. The topological polar surface area (TPSA) is 41.5 Å². The third-order valence-electron chi connectivity index (χ3n) is 3.84. The third kappa shape index (κ3) is 2.89. The first-order valence-corrected chi connectivity index (χ1v) is 7.03. The normalized spacial score (nSPS) is 16.8. The van der Waals surface area contributed by atoms with Gasteiger partial charge >= 0.3 is 0 Å². The average Bonchev–Trinajstić information content (AvgIpc) is 2.53. The lowest BCUT2D eigenvalue weighted by Crippen LogP contribution is -2.47. The van der Waals surface area contributed by atoms with Crippen molar-refractivity contribution in [3.8, 4) is 0 Å². The molecule has 2 aromatic rings. The number of hydrogen-bond acceptors (Lipinski definition) is 5. The van der Waals surface area contributed by atoms with E-state index in [4.69, 9.17) is 4.74 Å². The summed E-state index contributed by atoms with van der Waals surface area (Å²) in [5, 5.41) is 1.10. The van der Waals surface area contributed by atoms with Crippen LogP contribution in [0.2, 0.25) is 0 Å². The van der Waals surface area contributed by atoms with Crippen molar-refractivity contribution in [1.29, 1.82) is 0 Å². The van der Waals surface area contributed by atoms with Gasteiger partial charge in [-0.05, 0) is 18.2 Å². The number of nitrogens with zero attached hydrogens (tertiary/aromatic N) is 4. The lowest BCUT2D eigenvalue weighted by molar-refractivity contribution is 0.144. The Hall–Kier alpha value is -1.72. The molecule has 1 aromatic carbocycles. The molecule has 1 aliphatic heterocycles. The Morgan fingerprint density at radius 3 is 2.85 bits per heavy atom. The standard InChI is InChI=1S/C15H20N4O/c1-20-9-8-18-4-6-19(7-5-18)14-2-3-15-13(10-14)11-16-12-17-15/h2-3,10-12H,4-9H2,1H3. The van der Waals surface area contributed by atoms with Gasteiger partial charge in [-0.15, -0.1) is 0 Å². The summed E-state index contributed by atoms with van der Waals surface area (Å²) in [5.41, 5.74) is 2.26. The van der Waals surface area contributed by atoms with E-state index in [1.54, 1.807) is 13.4 Å². The van der Waals surface area contributed by atoms with Gasteiger partial charge in [-0.3, -0.25) is 4.90 Å². The van der Waals surface area contributed by atoms with Crippen molar-refractivity contribution in [2.75, 3.05) is 51.3 Å². The number of methoxy groups -OCH3 is 1. The quantitative estimate of drug-likeness (QED) is 0.841. The molecule has 1 fully saturated rings. The molecule has 0 bridgehead atoms. The molecule has 20 heavy (non-hydrogen) atoms. The fraction of sp³-hybridized carbons (Fsp3) is 0.467. The zero-order valence-electron chi connectivity index (χ0n) is 11.8. The van der Waals surface area contributed by atoms with E-state index in [0.29, 0.717) is 0 Å². The summed E-state index contributed by atoms with van der Waals surface area (Å²) in [6.45, 7) is 6.13. The lowest BCUT2D eigenvalue weighted by atomic mass is 10.2. The maximum Gasteiger partial charge on any atom is 0.116 e. The van der Waals surface area contributed by atoms with Crippen LogP contribution in [0.5, 0.6) is 0 Å². The van der Waals surface area contributed by atoms with Crippen molar-refractivity contribution >= 4 is 16.6 Å². The maximum atomic E-state index is 5.14. The van der Waals surface area contributed by atoms with Crippen molar-refractivity contribution in [3.05, 3.63) is 30.7 Å². The zero-order chi connectivity index (χ0) is 13.8. The van der Waals surface area contributed by atoms with Crippen LogP contribution in [0.25, 0.3) is 10.9 Å². The minimum Gasteiger partial charge on any atom is -0.383 e. The summed E-state index contributed by atoms with van der Waals surface area (Å²) in [4.78, 5) is 13.2. The molecule has 0 N–H and O–H groups in total. The van der Waals surface area contributed by atoms with Crippen molar-refractivity contribution in [2.45, 2.75) is 0 Å². The van der Waals surface area contributed by atoms with Crippen LogP contribution >= 0.6 is 0 Å². The summed E-state index contributed by atoms with van der Waals surface area (Å²) in [5.74, 6) is 0. The molecule has 1 saturated heterocycles. The van der Waals surface area contributed by atoms with Crippen molar-refractivity contribution in [2.24, 2.45) is 0 Å². The number of benzene rings is 1. The van der Waals surface area contributed by atoms with E-state index in [2.05, 4.69) is 38.0 Å². The molecule has 0 aliphatic carbocycles. The minimum atomic E-state index is 0.813. The van der Waals surface area contributed by atoms with Crippen molar-refractivity contribution in [3.63, 3.8) is 0 Å². The van der Waals surface area contributed by atoms with Gasteiger partial charge in [0.2, 0.25) is 0 Å². The number of fused-ring (bicyclic) bond motifs is 1. The molecule has 3 rings (SSSR count). The monoisotopic (exact) mass is 272 g/mol. The van der Waals surface area contributed by atoms with Crippen LogP contribution in [0.15, 0.2) is 30.7 Å². The lowest BCUT2D eigenvalue weighted by Gasteiger charge is -2.36. The van der Waals surface area contributed by atoms with E-state index in [1.165, 1.54) is 5.69 Å². The number of rotatable bonds is 4. The molecule has 5 nitrogen and oxygen atoms in total. The Balaban J connectivity index is 1.67. The summed E-state index contributed by atoms with van der Waals surface area (Å²) in [6.07, 6.45) is 3.47. The van der Waals surface area contributed by atoms with Crippen LogP contribution in [0.3, 0.4) is 0 Å². The van der Waals surface area contributed by atoms with Gasteiger partial charge in [0.15, 0.2) is 0 Å². The number of aromatic nitrogens is 2. The second-order valence-corrected chi connectivity index (χ2v) is 5.09. The van der Waals surface area contributed by atoms with Gasteiger partial charge in [0.1, 0.15) is 6.33 Å². The fourth-order valence-electron chi connectivity index (χ4n) is 2.62. The first-order chi connectivity index (χ1) is 9.86. The van der Waals surface area contributed by atoms with E-state index in [0.717, 1.165) is 50.2 Å². The summed E-state index contributed by atoms with van der Waals surface area (Å²) in [7, 11) is 1.76.